The van der Waals surface area contributed by atoms with E-state index in [1.165, 1.54) is 16.7 Å². The Bertz CT molecular complexity index is 527. The van der Waals surface area contributed by atoms with Crippen molar-refractivity contribution in [2.24, 2.45) is 0 Å². The summed E-state index contributed by atoms with van der Waals surface area (Å²) in [4.78, 5) is 0. The molecule has 0 aliphatic rings. The van der Waals surface area contributed by atoms with Crippen LogP contribution in [-0.4, -0.2) is 0 Å². The Morgan fingerprint density at radius 2 is 1.90 bits per heavy atom. The van der Waals surface area contributed by atoms with E-state index in [0.717, 1.165) is 19.3 Å². The topological polar surface area (TPSA) is 0 Å². The minimum Gasteiger partial charge on any atom is -0.103 e. The van der Waals surface area contributed by atoms with Crippen LogP contribution in [0.5, 0.6) is 0 Å². The van der Waals surface area contributed by atoms with Gasteiger partial charge in [0.15, 0.2) is 0 Å². The minimum atomic E-state index is 0.00482. The summed E-state index contributed by atoms with van der Waals surface area (Å²) in [7, 11) is 0. The Morgan fingerprint density at radius 1 is 1.14 bits per heavy atom. The highest BCUT2D eigenvalue weighted by Crippen LogP contribution is 2.33. The van der Waals surface area contributed by atoms with Crippen molar-refractivity contribution in [1.29, 1.82) is 0 Å². The lowest BCUT2D eigenvalue weighted by Gasteiger charge is -2.28. The van der Waals surface area contributed by atoms with E-state index in [0.29, 0.717) is 0 Å². The number of hydrogen-bond donors (Lipinski definition) is 0. The van der Waals surface area contributed by atoms with Crippen LogP contribution in [0.3, 0.4) is 0 Å². The van der Waals surface area contributed by atoms with Crippen molar-refractivity contribution >= 4 is 0 Å². The molecule has 0 fully saturated rings. The van der Waals surface area contributed by atoms with Crippen LogP contribution in [0.1, 0.15) is 44.7 Å². The summed E-state index contributed by atoms with van der Waals surface area (Å²) in [6.07, 6.45) is 13.6. The van der Waals surface area contributed by atoms with Gasteiger partial charge in [-0.25, -0.2) is 0 Å². The molecule has 0 N–H and O–H groups in total. The van der Waals surface area contributed by atoms with E-state index >= 15 is 0 Å². The van der Waals surface area contributed by atoms with Gasteiger partial charge in [0.25, 0.3) is 0 Å². The first-order valence-electron chi connectivity index (χ1n) is 7.70. The Morgan fingerprint density at radius 3 is 2.52 bits per heavy atom. The van der Waals surface area contributed by atoms with E-state index in [-0.39, 0.29) is 5.41 Å². The molecule has 1 aromatic carbocycles. The van der Waals surface area contributed by atoms with Gasteiger partial charge in [-0.05, 0) is 42.9 Å². The van der Waals surface area contributed by atoms with Gasteiger partial charge in [0, 0.05) is 5.41 Å². The van der Waals surface area contributed by atoms with Crippen molar-refractivity contribution in [1.82, 2.24) is 0 Å². The first-order chi connectivity index (χ1) is 10.1. The summed E-state index contributed by atoms with van der Waals surface area (Å²) < 4.78 is 0. The second kappa shape index (κ2) is 8.46. The molecule has 0 radical (unpaired) electrons. The van der Waals surface area contributed by atoms with Crippen molar-refractivity contribution in [3.05, 3.63) is 84.5 Å². The van der Waals surface area contributed by atoms with Gasteiger partial charge in [0.1, 0.15) is 0 Å². The quantitative estimate of drug-likeness (QED) is 0.304. The summed E-state index contributed by atoms with van der Waals surface area (Å²) in [6.45, 7) is 14.3. The Balaban J connectivity index is 3.14. The molecule has 0 spiro atoms. The van der Waals surface area contributed by atoms with Crippen LogP contribution in [0.15, 0.2) is 73.4 Å². The molecule has 1 rings (SSSR count). The molecule has 0 aliphatic heterocycles. The van der Waals surface area contributed by atoms with Crippen LogP contribution in [0, 0.1) is 0 Å². The van der Waals surface area contributed by atoms with E-state index in [1.54, 1.807) is 0 Å². The first-order valence-corrected chi connectivity index (χ1v) is 7.70. The molecule has 0 bridgehead atoms. The van der Waals surface area contributed by atoms with Crippen molar-refractivity contribution in [3.8, 4) is 0 Å². The maximum Gasteiger partial charge on any atom is 0.0143 e. The zero-order valence-corrected chi connectivity index (χ0v) is 13.7. The number of benzene rings is 1. The number of unbranched alkanes of at least 4 members (excludes halogenated alkanes) is 1. The lowest BCUT2D eigenvalue weighted by atomic mass is 9.76. The van der Waals surface area contributed by atoms with Crippen LogP contribution in [0.25, 0.3) is 0 Å². The molecule has 0 atom stereocenters. The van der Waals surface area contributed by atoms with E-state index in [9.17, 15) is 0 Å². The van der Waals surface area contributed by atoms with Crippen molar-refractivity contribution in [3.63, 3.8) is 0 Å². The third-order valence-electron chi connectivity index (χ3n) is 3.83. The van der Waals surface area contributed by atoms with Crippen LogP contribution in [0.2, 0.25) is 0 Å². The highest BCUT2D eigenvalue weighted by Gasteiger charge is 2.23. The summed E-state index contributed by atoms with van der Waals surface area (Å²) in [5.74, 6) is 0. The Kier molecular flexibility index (Phi) is 6.94. The molecule has 1 aromatic rings. The molecule has 21 heavy (non-hydrogen) atoms. The van der Waals surface area contributed by atoms with Gasteiger partial charge in [-0.2, -0.15) is 0 Å². The van der Waals surface area contributed by atoms with Gasteiger partial charge in [-0.15, -0.1) is 13.2 Å². The molecule has 0 amide bonds. The zero-order valence-electron chi connectivity index (χ0n) is 13.7. The Hall–Kier alpha value is -1.82. The predicted molar refractivity (Wildman–Crippen MR) is 95.7 cm³/mol. The molecule has 0 aromatic heterocycles. The molecular weight excluding hydrogens is 252 g/mol. The molecule has 0 heteroatoms. The highest BCUT2D eigenvalue weighted by atomic mass is 14.3. The fourth-order valence-corrected chi connectivity index (χ4v) is 2.49. The summed E-state index contributed by atoms with van der Waals surface area (Å²) in [6, 6.07) is 8.83. The van der Waals surface area contributed by atoms with Crippen LogP contribution in [-0.2, 0) is 11.8 Å². The molecule has 0 saturated heterocycles. The second-order valence-electron chi connectivity index (χ2n) is 5.84. The number of hydrogen-bond acceptors (Lipinski definition) is 0. The van der Waals surface area contributed by atoms with Gasteiger partial charge < -0.3 is 0 Å². The number of rotatable bonds is 8. The fourth-order valence-electron chi connectivity index (χ4n) is 2.49. The van der Waals surface area contributed by atoms with Gasteiger partial charge in [-0.3, -0.25) is 0 Å². The van der Waals surface area contributed by atoms with E-state index in [2.05, 4.69) is 76.4 Å². The first kappa shape index (κ1) is 17.2. The molecule has 0 unspecified atom stereocenters. The molecular formula is C21H28. The molecule has 0 aliphatic carbocycles. The van der Waals surface area contributed by atoms with Crippen molar-refractivity contribution in [2.45, 2.75) is 45.4 Å². The Labute approximate surface area is 130 Å². The van der Waals surface area contributed by atoms with E-state index < -0.39 is 0 Å². The largest absolute Gasteiger partial charge is 0.103 e. The maximum absolute atomic E-state index is 3.83. The van der Waals surface area contributed by atoms with Crippen LogP contribution >= 0.6 is 0 Å². The van der Waals surface area contributed by atoms with Crippen LogP contribution in [0.4, 0.5) is 0 Å². The maximum atomic E-state index is 3.83. The monoisotopic (exact) mass is 280 g/mol. The second-order valence-corrected chi connectivity index (χ2v) is 5.84. The van der Waals surface area contributed by atoms with Crippen molar-refractivity contribution < 1.29 is 0 Å². The lowest BCUT2D eigenvalue weighted by Crippen LogP contribution is -2.19. The average Bonchev–Trinajstić information content (AvgIpc) is 2.47. The zero-order chi connectivity index (χ0) is 15.7. The summed E-state index contributed by atoms with van der Waals surface area (Å²) in [5, 5.41) is 0. The fraction of sp³-hybridized carbons (Fsp3) is 0.333. The van der Waals surface area contributed by atoms with E-state index in [1.807, 2.05) is 12.2 Å². The van der Waals surface area contributed by atoms with Gasteiger partial charge in [0.2, 0.25) is 0 Å². The number of allylic oxidation sites excluding steroid dienone is 6. The molecule has 0 nitrogen and oxygen atoms in total. The van der Waals surface area contributed by atoms with Gasteiger partial charge >= 0.3 is 0 Å². The standard InChI is InChI=1S/C21H28/c1-6-9-10-15-19(13-8-3)21(4,5)20-16-11-14-18(17-20)12-7-2/h6-8,11,13-17H,1-2,9-10,12H2,3-5H3/b13-8-,19-15+. The van der Waals surface area contributed by atoms with E-state index in [4.69, 9.17) is 0 Å². The predicted octanol–water partition coefficient (Wildman–Crippen LogP) is 6.16. The smallest absolute Gasteiger partial charge is 0.0143 e. The minimum absolute atomic E-state index is 0.00482. The molecule has 0 heterocycles. The normalized spacial score (nSPS) is 12.6. The third kappa shape index (κ3) is 4.90. The van der Waals surface area contributed by atoms with Gasteiger partial charge in [-0.1, -0.05) is 68.5 Å². The van der Waals surface area contributed by atoms with Crippen LogP contribution < -0.4 is 0 Å². The summed E-state index contributed by atoms with van der Waals surface area (Å²) in [5.41, 5.74) is 4.04. The third-order valence-corrected chi connectivity index (χ3v) is 3.83. The average molecular weight is 280 g/mol. The summed E-state index contributed by atoms with van der Waals surface area (Å²) >= 11 is 0. The lowest BCUT2D eigenvalue weighted by molar-refractivity contribution is 0.634. The SMILES string of the molecule is C=CCC/C=C(\C=C/C)C(C)(C)c1cccc(CC=C)c1. The highest BCUT2D eigenvalue weighted by molar-refractivity contribution is 5.41. The molecule has 112 valence electrons. The van der Waals surface area contributed by atoms with Gasteiger partial charge in [0.05, 0.1) is 0 Å². The van der Waals surface area contributed by atoms with Crippen molar-refractivity contribution in [2.75, 3.05) is 0 Å². The molecule has 0 saturated carbocycles.